The molecule has 1 aromatic rings. The second kappa shape index (κ2) is 5.20. The molecule has 0 spiro atoms. The molecule has 14 heavy (non-hydrogen) atoms. The normalized spacial score (nSPS) is 9.71. The number of aromatic nitrogens is 2. The molecule has 0 aliphatic rings. The quantitative estimate of drug-likeness (QED) is 0.516. The van der Waals surface area contributed by atoms with Gasteiger partial charge in [-0.25, -0.2) is 0 Å². The highest BCUT2D eigenvalue weighted by molar-refractivity contribution is 5.82. The second-order valence-electron chi connectivity index (χ2n) is 3.00. The van der Waals surface area contributed by atoms with E-state index in [-0.39, 0.29) is 5.78 Å². The fourth-order valence-electron chi connectivity index (χ4n) is 1.10. The first kappa shape index (κ1) is 10.5. The highest BCUT2D eigenvalue weighted by Gasteiger charge is 2.04. The molecule has 0 fully saturated rings. The maximum Gasteiger partial charge on any atom is 0.152 e. The first-order valence-electron chi connectivity index (χ1n) is 4.37. The predicted octanol–water partition coefficient (Wildman–Crippen LogP) is -0.246. The molecular weight excluding hydrogens is 178 g/mol. The number of ketones is 1. The fourth-order valence-corrected chi connectivity index (χ4v) is 1.10. The number of carbonyl (C=O) groups is 1. The van der Waals surface area contributed by atoms with Crippen LogP contribution in [0, 0.1) is 12.3 Å². The maximum absolute atomic E-state index is 11.3. The molecule has 1 N–H and O–H groups in total. The molecule has 0 aromatic carbocycles. The Kier molecular flexibility index (Phi) is 3.89. The monoisotopic (exact) mass is 191 g/mol. The van der Waals surface area contributed by atoms with Crippen LogP contribution in [0.25, 0.3) is 0 Å². The lowest BCUT2D eigenvalue weighted by Gasteiger charge is -1.98. The van der Waals surface area contributed by atoms with Crippen molar-refractivity contribution in [1.82, 2.24) is 15.1 Å². The average molecular weight is 191 g/mol. The summed E-state index contributed by atoms with van der Waals surface area (Å²) < 4.78 is 1.68. The van der Waals surface area contributed by atoms with E-state index in [2.05, 4.69) is 16.3 Å². The molecule has 74 valence electrons. The summed E-state index contributed by atoms with van der Waals surface area (Å²) in [4.78, 5) is 11.3. The largest absolute Gasteiger partial charge is 0.299 e. The third kappa shape index (κ3) is 3.42. The first-order chi connectivity index (χ1) is 6.72. The molecule has 1 aromatic heterocycles. The van der Waals surface area contributed by atoms with Crippen molar-refractivity contribution < 1.29 is 4.79 Å². The fraction of sp³-hybridized carbons (Fsp3) is 0.400. The van der Waals surface area contributed by atoms with Crippen molar-refractivity contribution in [3.63, 3.8) is 0 Å². The minimum absolute atomic E-state index is 0.0963. The molecule has 0 aliphatic carbocycles. The van der Waals surface area contributed by atoms with Crippen molar-refractivity contribution in [2.45, 2.75) is 6.42 Å². The van der Waals surface area contributed by atoms with Gasteiger partial charge in [0.2, 0.25) is 0 Å². The summed E-state index contributed by atoms with van der Waals surface area (Å²) in [5.41, 5.74) is 0.792. The second-order valence-corrected chi connectivity index (χ2v) is 3.00. The number of nitrogens with zero attached hydrogens (tertiary/aromatic N) is 2. The molecule has 0 saturated heterocycles. The van der Waals surface area contributed by atoms with Gasteiger partial charge < -0.3 is 0 Å². The Morgan fingerprint density at radius 1 is 1.79 bits per heavy atom. The van der Waals surface area contributed by atoms with Crippen LogP contribution in [0.15, 0.2) is 12.3 Å². The minimum atomic E-state index is 0.0963. The summed E-state index contributed by atoms with van der Waals surface area (Å²) >= 11 is 0. The number of carbonyl (C=O) groups excluding carboxylic acids is 1. The van der Waals surface area contributed by atoms with Gasteiger partial charge in [-0.05, 0) is 6.07 Å². The van der Waals surface area contributed by atoms with Gasteiger partial charge in [-0.3, -0.25) is 14.8 Å². The lowest BCUT2D eigenvalue weighted by molar-refractivity contribution is -0.117. The molecule has 1 heterocycles. The van der Waals surface area contributed by atoms with E-state index in [0.717, 1.165) is 5.69 Å². The van der Waals surface area contributed by atoms with E-state index in [1.165, 1.54) is 0 Å². The van der Waals surface area contributed by atoms with E-state index in [1.54, 1.807) is 4.68 Å². The Morgan fingerprint density at radius 2 is 2.57 bits per heavy atom. The number of Topliss-reactive ketones (excluding diaryl/α,β-unsaturated/α-hetero) is 1. The number of rotatable bonds is 5. The molecule has 4 nitrogen and oxygen atoms in total. The summed E-state index contributed by atoms with van der Waals surface area (Å²) in [6.45, 7) is 0.731. The lowest BCUT2D eigenvalue weighted by atomic mass is 10.2. The average Bonchev–Trinajstić information content (AvgIpc) is 2.52. The van der Waals surface area contributed by atoms with Crippen LogP contribution in [-0.4, -0.2) is 28.7 Å². The van der Waals surface area contributed by atoms with Gasteiger partial charge in [0.15, 0.2) is 5.78 Å². The summed E-state index contributed by atoms with van der Waals surface area (Å²) in [6.07, 6.45) is 7.21. The molecule has 0 aliphatic heterocycles. The van der Waals surface area contributed by atoms with Crippen molar-refractivity contribution in [3.8, 4) is 12.3 Å². The Morgan fingerprint density at radius 3 is 3.14 bits per heavy atom. The molecule has 0 radical (unpaired) electrons. The van der Waals surface area contributed by atoms with Crippen molar-refractivity contribution in [3.05, 3.63) is 18.0 Å². The molecule has 0 bridgehead atoms. The van der Waals surface area contributed by atoms with Crippen LogP contribution in [0.1, 0.15) is 5.69 Å². The van der Waals surface area contributed by atoms with Crippen LogP contribution in [0.5, 0.6) is 0 Å². The first-order valence-corrected chi connectivity index (χ1v) is 4.37. The van der Waals surface area contributed by atoms with E-state index in [1.807, 2.05) is 19.3 Å². The third-order valence-corrected chi connectivity index (χ3v) is 1.70. The van der Waals surface area contributed by atoms with Crippen LogP contribution in [0.3, 0.4) is 0 Å². The third-order valence-electron chi connectivity index (χ3n) is 1.70. The van der Waals surface area contributed by atoms with E-state index in [0.29, 0.717) is 19.5 Å². The number of nitrogens with one attached hydrogen (secondary N) is 1. The summed E-state index contributed by atoms with van der Waals surface area (Å²) in [5, 5.41) is 6.95. The number of hydrogen-bond acceptors (Lipinski definition) is 3. The molecular formula is C10H13N3O. The highest BCUT2D eigenvalue weighted by atomic mass is 16.1. The lowest BCUT2D eigenvalue weighted by Crippen LogP contribution is -2.24. The molecule has 1 rings (SSSR count). The number of hydrogen-bond donors (Lipinski definition) is 1. The van der Waals surface area contributed by atoms with Gasteiger partial charge in [0.05, 0.1) is 25.2 Å². The number of terminal acetylenes is 1. The van der Waals surface area contributed by atoms with Gasteiger partial charge >= 0.3 is 0 Å². The van der Waals surface area contributed by atoms with Crippen LogP contribution < -0.4 is 5.32 Å². The Bertz CT molecular complexity index is 348. The summed E-state index contributed by atoms with van der Waals surface area (Å²) in [5.74, 6) is 2.50. The Balaban J connectivity index is 2.31. The number of aryl methyl sites for hydroxylation is 1. The summed E-state index contributed by atoms with van der Waals surface area (Å²) in [7, 11) is 1.82. The van der Waals surface area contributed by atoms with Gasteiger partial charge in [-0.1, -0.05) is 5.92 Å². The van der Waals surface area contributed by atoms with E-state index in [4.69, 9.17) is 6.42 Å². The molecule has 4 heteroatoms. The van der Waals surface area contributed by atoms with Gasteiger partial charge in [-0.15, -0.1) is 6.42 Å². The van der Waals surface area contributed by atoms with E-state index in [9.17, 15) is 4.79 Å². The van der Waals surface area contributed by atoms with Crippen molar-refractivity contribution >= 4 is 5.78 Å². The zero-order valence-electron chi connectivity index (χ0n) is 8.16. The van der Waals surface area contributed by atoms with Crippen LogP contribution in [-0.2, 0) is 18.3 Å². The Hall–Kier alpha value is -1.60. The van der Waals surface area contributed by atoms with Crippen LogP contribution in [0.4, 0.5) is 0 Å². The van der Waals surface area contributed by atoms with Gasteiger partial charge in [0.1, 0.15) is 0 Å². The standard InChI is InChI=1S/C10H13N3O/c1-3-5-11-8-10(14)7-9-4-6-13(2)12-9/h1,4,6,11H,5,7-8H2,2H3. The van der Waals surface area contributed by atoms with Crippen LogP contribution >= 0.6 is 0 Å². The topological polar surface area (TPSA) is 46.9 Å². The van der Waals surface area contributed by atoms with Crippen molar-refractivity contribution in [1.29, 1.82) is 0 Å². The maximum atomic E-state index is 11.3. The molecule has 0 atom stereocenters. The zero-order valence-corrected chi connectivity index (χ0v) is 8.16. The SMILES string of the molecule is C#CCNCC(=O)Cc1ccn(C)n1. The molecule has 0 unspecified atom stereocenters. The van der Waals surface area contributed by atoms with E-state index >= 15 is 0 Å². The minimum Gasteiger partial charge on any atom is -0.299 e. The summed E-state index contributed by atoms with van der Waals surface area (Å²) in [6, 6.07) is 1.83. The van der Waals surface area contributed by atoms with Gasteiger partial charge in [0.25, 0.3) is 0 Å². The zero-order chi connectivity index (χ0) is 10.4. The molecule has 0 amide bonds. The van der Waals surface area contributed by atoms with Gasteiger partial charge in [-0.2, -0.15) is 5.10 Å². The molecule has 0 saturated carbocycles. The van der Waals surface area contributed by atoms with Crippen molar-refractivity contribution in [2.24, 2.45) is 7.05 Å². The smallest absolute Gasteiger partial charge is 0.152 e. The van der Waals surface area contributed by atoms with Gasteiger partial charge in [0, 0.05) is 13.2 Å². The van der Waals surface area contributed by atoms with E-state index < -0.39 is 0 Å². The predicted molar refractivity (Wildman–Crippen MR) is 53.6 cm³/mol. The van der Waals surface area contributed by atoms with Crippen molar-refractivity contribution in [2.75, 3.05) is 13.1 Å². The highest BCUT2D eigenvalue weighted by Crippen LogP contribution is 1.95. The van der Waals surface area contributed by atoms with Crippen LogP contribution in [0.2, 0.25) is 0 Å². The Labute approximate surface area is 83.3 Å².